The third-order valence-corrected chi connectivity index (χ3v) is 4.31. The summed E-state index contributed by atoms with van der Waals surface area (Å²) in [6.07, 6.45) is 5.83. The predicted octanol–water partition coefficient (Wildman–Crippen LogP) is 2.22. The topological polar surface area (TPSA) is 64.0 Å². The molecule has 0 spiro atoms. The Bertz CT molecular complexity index is 735. The summed E-state index contributed by atoms with van der Waals surface area (Å²) >= 11 is 3.35. The molecule has 0 saturated heterocycles. The van der Waals surface area contributed by atoms with Gasteiger partial charge >= 0.3 is 0 Å². The Labute approximate surface area is 130 Å². The SMILES string of the molecule is O=C(Cn1cnc2cc(Br)ccc2c1=O)NC1CCCC1. The van der Waals surface area contributed by atoms with E-state index in [9.17, 15) is 9.59 Å². The lowest BCUT2D eigenvalue weighted by atomic mass is 10.2. The molecule has 3 rings (SSSR count). The van der Waals surface area contributed by atoms with E-state index in [1.165, 1.54) is 10.9 Å². The lowest BCUT2D eigenvalue weighted by molar-refractivity contribution is -0.122. The van der Waals surface area contributed by atoms with Crippen molar-refractivity contribution in [1.29, 1.82) is 0 Å². The number of carbonyl (C=O) groups is 1. The second-order valence-electron chi connectivity index (χ2n) is 5.39. The number of amides is 1. The zero-order valence-electron chi connectivity index (χ0n) is 11.5. The second kappa shape index (κ2) is 5.97. The van der Waals surface area contributed by atoms with Gasteiger partial charge in [0.2, 0.25) is 5.91 Å². The molecule has 21 heavy (non-hydrogen) atoms. The predicted molar refractivity (Wildman–Crippen MR) is 84.1 cm³/mol. The summed E-state index contributed by atoms with van der Waals surface area (Å²) in [4.78, 5) is 28.6. The summed E-state index contributed by atoms with van der Waals surface area (Å²) in [7, 11) is 0. The summed E-state index contributed by atoms with van der Waals surface area (Å²) in [6.45, 7) is 0.0222. The Morgan fingerprint density at radius 1 is 1.38 bits per heavy atom. The third-order valence-electron chi connectivity index (χ3n) is 3.82. The Morgan fingerprint density at radius 3 is 2.90 bits per heavy atom. The van der Waals surface area contributed by atoms with Crippen molar-refractivity contribution in [1.82, 2.24) is 14.9 Å². The van der Waals surface area contributed by atoms with Crippen molar-refractivity contribution in [2.45, 2.75) is 38.3 Å². The molecule has 1 heterocycles. The first kappa shape index (κ1) is 14.3. The van der Waals surface area contributed by atoms with Gasteiger partial charge in [0.1, 0.15) is 6.54 Å². The Morgan fingerprint density at radius 2 is 2.14 bits per heavy atom. The van der Waals surface area contributed by atoms with Crippen LogP contribution in [0.25, 0.3) is 10.9 Å². The Hall–Kier alpha value is -1.69. The van der Waals surface area contributed by atoms with Crippen LogP contribution in [0.5, 0.6) is 0 Å². The molecule has 1 aromatic heterocycles. The van der Waals surface area contributed by atoms with Crippen LogP contribution in [-0.2, 0) is 11.3 Å². The molecule has 1 amide bonds. The van der Waals surface area contributed by atoms with Crippen LogP contribution in [0, 0.1) is 0 Å². The number of aromatic nitrogens is 2. The number of hydrogen-bond acceptors (Lipinski definition) is 3. The zero-order valence-corrected chi connectivity index (χ0v) is 13.1. The van der Waals surface area contributed by atoms with E-state index >= 15 is 0 Å². The molecule has 1 aromatic carbocycles. The molecule has 2 aromatic rings. The molecule has 0 aliphatic heterocycles. The van der Waals surface area contributed by atoms with Gasteiger partial charge in [0.05, 0.1) is 17.2 Å². The fraction of sp³-hybridized carbons (Fsp3) is 0.400. The van der Waals surface area contributed by atoms with Crippen LogP contribution in [0.3, 0.4) is 0 Å². The standard InChI is InChI=1S/C15H16BrN3O2/c16-10-5-6-12-13(7-10)17-9-19(15(12)21)8-14(20)18-11-3-1-2-4-11/h5-7,9,11H,1-4,8H2,(H,18,20). The molecular formula is C15H16BrN3O2. The highest BCUT2D eigenvalue weighted by atomic mass is 79.9. The van der Waals surface area contributed by atoms with E-state index in [0.29, 0.717) is 10.9 Å². The number of carbonyl (C=O) groups excluding carboxylic acids is 1. The van der Waals surface area contributed by atoms with E-state index in [4.69, 9.17) is 0 Å². The monoisotopic (exact) mass is 349 g/mol. The summed E-state index contributed by atoms with van der Waals surface area (Å²) < 4.78 is 2.24. The van der Waals surface area contributed by atoms with Crippen molar-refractivity contribution in [2.24, 2.45) is 0 Å². The average molecular weight is 350 g/mol. The first-order chi connectivity index (χ1) is 10.1. The molecule has 0 atom stereocenters. The van der Waals surface area contributed by atoms with Crippen molar-refractivity contribution in [3.8, 4) is 0 Å². The second-order valence-corrected chi connectivity index (χ2v) is 6.30. The normalized spacial score (nSPS) is 15.5. The number of benzene rings is 1. The van der Waals surface area contributed by atoms with Gasteiger partial charge in [0, 0.05) is 10.5 Å². The van der Waals surface area contributed by atoms with Gasteiger partial charge in [-0.25, -0.2) is 4.98 Å². The molecule has 1 fully saturated rings. The quantitative estimate of drug-likeness (QED) is 0.923. The minimum absolute atomic E-state index is 0.0222. The van der Waals surface area contributed by atoms with Crippen molar-refractivity contribution in [2.75, 3.05) is 0 Å². The minimum Gasteiger partial charge on any atom is -0.352 e. The van der Waals surface area contributed by atoms with E-state index in [1.807, 2.05) is 0 Å². The van der Waals surface area contributed by atoms with E-state index in [-0.39, 0.29) is 24.1 Å². The largest absolute Gasteiger partial charge is 0.352 e. The number of fused-ring (bicyclic) bond motifs is 1. The summed E-state index contributed by atoms with van der Waals surface area (Å²) in [5.74, 6) is -0.123. The molecule has 1 aliphatic carbocycles. The van der Waals surface area contributed by atoms with Gasteiger partial charge in [-0.05, 0) is 31.0 Å². The highest BCUT2D eigenvalue weighted by Gasteiger charge is 2.17. The minimum atomic E-state index is -0.186. The molecule has 1 saturated carbocycles. The molecule has 6 heteroatoms. The summed E-state index contributed by atoms with van der Waals surface area (Å²) in [5.41, 5.74) is 0.441. The lowest BCUT2D eigenvalue weighted by Gasteiger charge is -2.12. The molecule has 0 bridgehead atoms. The van der Waals surface area contributed by atoms with Gasteiger partial charge in [-0.15, -0.1) is 0 Å². The molecule has 5 nitrogen and oxygen atoms in total. The molecule has 0 unspecified atom stereocenters. The van der Waals surface area contributed by atoms with Crippen molar-refractivity contribution < 1.29 is 4.79 Å². The van der Waals surface area contributed by atoms with Crippen molar-refractivity contribution in [3.63, 3.8) is 0 Å². The first-order valence-corrected chi connectivity index (χ1v) is 7.87. The third kappa shape index (κ3) is 3.15. The highest BCUT2D eigenvalue weighted by molar-refractivity contribution is 9.10. The summed E-state index contributed by atoms with van der Waals surface area (Å²) in [6, 6.07) is 5.58. The first-order valence-electron chi connectivity index (χ1n) is 7.07. The molecule has 0 radical (unpaired) electrons. The lowest BCUT2D eigenvalue weighted by Crippen LogP contribution is -2.37. The van der Waals surface area contributed by atoms with Crippen LogP contribution in [0.15, 0.2) is 33.8 Å². The Kier molecular flexibility index (Phi) is 4.05. The van der Waals surface area contributed by atoms with E-state index in [0.717, 1.165) is 30.2 Å². The van der Waals surface area contributed by atoms with Gasteiger partial charge in [0.25, 0.3) is 5.56 Å². The smallest absolute Gasteiger partial charge is 0.261 e. The number of halogens is 1. The fourth-order valence-electron chi connectivity index (χ4n) is 2.74. The van der Waals surface area contributed by atoms with Crippen LogP contribution in [-0.4, -0.2) is 21.5 Å². The van der Waals surface area contributed by atoms with Crippen LogP contribution in [0.4, 0.5) is 0 Å². The van der Waals surface area contributed by atoms with E-state index < -0.39 is 0 Å². The number of nitrogens with zero attached hydrogens (tertiary/aromatic N) is 2. The van der Waals surface area contributed by atoms with Crippen molar-refractivity contribution >= 4 is 32.7 Å². The maximum Gasteiger partial charge on any atom is 0.261 e. The van der Waals surface area contributed by atoms with Gasteiger partial charge in [-0.2, -0.15) is 0 Å². The fourth-order valence-corrected chi connectivity index (χ4v) is 3.09. The molecule has 1 aliphatic rings. The maximum atomic E-state index is 12.3. The van der Waals surface area contributed by atoms with Crippen LogP contribution in [0.2, 0.25) is 0 Å². The Balaban J connectivity index is 1.80. The van der Waals surface area contributed by atoms with Crippen LogP contribution >= 0.6 is 15.9 Å². The number of hydrogen-bond donors (Lipinski definition) is 1. The number of nitrogens with one attached hydrogen (secondary N) is 1. The van der Waals surface area contributed by atoms with Gasteiger partial charge < -0.3 is 5.32 Å². The van der Waals surface area contributed by atoms with Crippen molar-refractivity contribution in [3.05, 3.63) is 39.4 Å². The zero-order chi connectivity index (χ0) is 14.8. The van der Waals surface area contributed by atoms with Crippen LogP contribution < -0.4 is 10.9 Å². The highest BCUT2D eigenvalue weighted by Crippen LogP contribution is 2.17. The molecule has 110 valence electrons. The maximum absolute atomic E-state index is 12.3. The van der Waals surface area contributed by atoms with Crippen LogP contribution in [0.1, 0.15) is 25.7 Å². The molecular weight excluding hydrogens is 334 g/mol. The van der Waals surface area contributed by atoms with E-state index in [2.05, 4.69) is 26.2 Å². The van der Waals surface area contributed by atoms with E-state index in [1.54, 1.807) is 18.2 Å². The number of rotatable bonds is 3. The van der Waals surface area contributed by atoms with Gasteiger partial charge in [-0.3, -0.25) is 14.2 Å². The molecule has 1 N–H and O–H groups in total. The van der Waals surface area contributed by atoms with Gasteiger partial charge in [-0.1, -0.05) is 28.8 Å². The summed E-state index contributed by atoms with van der Waals surface area (Å²) in [5, 5.41) is 3.50. The average Bonchev–Trinajstić information content (AvgIpc) is 2.94. The van der Waals surface area contributed by atoms with Gasteiger partial charge in [0.15, 0.2) is 0 Å².